The normalized spacial score (nSPS) is 27.2. The lowest BCUT2D eigenvalue weighted by Crippen LogP contribution is -2.63. The molecule has 2 aliphatic heterocycles. The summed E-state index contributed by atoms with van der Waals surface area (Å²) in [4.78, 5) is 31.4. The Hall–Kier alpha value is -2.76. The van der Waals surface area contributed by atoms with Crippen molar-refractivity contribution >= 4 is 33.5 Å². The number of fused-ring (bicyclic) bond motifs is 2. The van der Waals surface area contributed by atoms with E-state index in [1.54, 1.807) is 41.5 Å². The number of hydrogen-bond donors (Lipinski definition) is 1. The number of nitrogen functional groups attached to an aromatic ring is 1. The molecule has 0 saturated carbocycles. The largest absolute Gasteiger partial charge is 0.443 e. The molecule has 36 heavy (non-hydrogen) atoms. The first-order valence-electron chi connectivity index (χ1n) is 11.5. The number of benzene rings is 1. The lowest BCUT2D eigenvalue weighted by atomic mass is 9.86. The summed E-state index contributed by atoms with van der Waals surface area (Å²) < 4.78 is 65.9. The van der Waals surface area contributed by atoms with Gasteiger partial charge in [0.1, 0.15) is 35.1 Å². The number of sulfone groups is 1. The average Bonchev–Trinajstić information content (AvgIpc) is 2.88. The quantitative estimate of drug-likeness (QED) is 0.559. The van der Waals surface area contributed by atoms with Gasteiger partial charge in [0, 0.05) is 11.3 Å². The Kier molecular flexibility index (Phi) is 6.70. The maximum Gasteiger partial charge on any atom is 0.425 e. The van der Waals surface area contributed by atoms with Crippen molar-refractivity contribution in [2.45, 2.75) is 88.0 Å². The molecule has 2 bridgehead atoms. The molecule has 0 aromatic heterocycles. The van der Waals surface area contributed by atoms with Crippen molar-refractivity contribution in [3.8, 4) is 0 Å². The van der Waals surface area contributed by atoms with E-state index in [0.717, 1.165) is 6.07 Å². The molecule has 1 aromatic rings. The van der Waals surface area contributed by atoms with Gasteiger partial charge in [0.15, 0.2) is 14.6 Å². The first kappa shape index (κ1) is 27.8. The van der Waals surface area contributed by atoms with Gasteiger partial charge in [-0.1, -0.05) is 0 Å². The molecule has 2 N–H and O–H groups in total. The Labute approximate surface area is 209 Å². The zero-order chi connectivity index (χ0) is 27.5. The minimum Gasteiger partial charge on any atom is -0.443 e. The van der Waals surface area contributed by atoms with Gasteiger partial charge in [-0.25, -0.2) is 26.8 Å². The third-order valence-electron chi connectivity index (χ3n) is 6.22. The predicted molar refractivity (Wildman–Crippen MR) is 131 cm³/mol. The molecule has 200 valence electrons. The van der Waals surface area contributed by atoms with Crippen LogP contribution >= 0.6 is 0 Å². The number of imide groups is 1. The van der Waals surface area contributed by atoms with E-state index in [2.05, 4.69) is 4.99 Å². The lowest BCUT2D eigenvalue weighted by Gasteiger charge is -2.43. The molecule has 9 nitrogen and oxygen atoms in total. The monoisotopic (exact) mass is 529 g/mol. The summed E-state index contributed by atoms with van der Waals surface area (Å²) in [6.07, 6.45) is -2.95. The average molecular weight is 530 g/mol. The number of anilines is 1. The Morgan fingerprint density at radius 2 is 1.67 bits per heavy atom. The number of halogens is 2. The van der Waals surface area contributed by atoms with E-state index in [1.807, 2.05) is 0 Å². The molecular weight excluding hydrogens is 496 g/mol. The molecule has 0 aliphatic carbocycles. The minimum absolute atomic E-state index is 0.0829. The van der Waals surface area contributed by atoms with Crippen molar-refractivity contribution in [2.24, 2.45) is 4.99 Å². The number of rotatable bonds is 2. The maximum atomic E-state index is 15.1. The Morgan fingerprint density at radius 3 is 2.14 bits per heavy atom. The number of hydrogen-bond acceptors (Lipinski definition) is 8. The van der Waals surface area contributed by atoms with Crippen molar-refractivity contribution in [3.05, 3.63) is 29.6 Å². The number of aliphatic imine (C=N–C) groups is 1. The number of alkyl halides is 1. The van der Waals surface area contributed by atoms with Crippen LogP contribution in [0, 0.1) is 5.82 Å². The standard InChI is InChI=1S/C24H33F2N3O6S/c1-21(2,3)34-19(30)29(20(31)35-22(4,5)6)18-24(13-25)11-10-17(36(24,32)33)23(7,28-18)15-12-14(27)8-9-16(15)26/h8-9,12,17H,10-11,13,27H2,1-7H3/t17-,23+,24-/m0/s1. The van der Waals surface area contributed by atoms with E-state index in [-0.39, 0.29) is 24.1 Å². The maximum absolute atomic E-state index is 15.1. The van der Waals surface area contributed by atoms with E-state index in [0.29, 0.717) is 4.90 Å². The van der Waals surface area contributed by atoms with Crippen LogP contribution in [-0.4, -0.2) is 59.2 Å². The van der Waals surface area contributed by atoms with Crippen LogP contribution in [0.25, 0.3) is 0 Å². The lowest BCUT2D eigenvalue weighted by molar-refractivity contribution is 0.0138. The van der Waals surface area contributed by atoms with Crippen molar-refractivity contribution in [1.29, 1.82) is 0 Å². The van der Waals surface area contributed by atoms with Gasteiger partial charge < -0.3 is 15.2 Å². The fraction of sp³-hybridized carbons (Fsp3) is 0.625. The van der Waals surface area contributed by atoms with Gasteiger partial charge in [0.05, 0.1) is 5.25 Å². The van der Waals surface area contributed by atoms with E-state index in [1.165, 1.54) is 19.1 Å². The van der Waals surface area contributed by atoms with Gasteiger partial charge in [0.25, 0.3) is 0 Å². The highest BCUT2D eigenvalue weighted by atomic mass is 32.2. The van der Waals surface area contributed by atoms with Gasteiger partial charge in [-0.15, -0.1) is 0 Å². The number of amides is 2. The second-order valence-corrected chi connectivity index (χ2v) is 13.8. The van der Waals surface area contributed by atoms with Crippen LogP contribution in [0.2, 0.25) is 0 Å². The van der Waals surface area contributed by atoms with E-state index >= 15 is 4.39 Å². The molecular formula is C24H33F2N3O6S. The summed E-state index contributed by atoms with van der Waals surface area (Å²) in [5.41, 5.74) is 1.82. The van der Waals surface area contributed by atoms with Crippen LogP contribution < -0.4 is 5.73 Å². The van der Waals surface area contributed by atoms with E-state index < -0.39 is 67.1 Å². The predicted octanol–water partition coefficient (Wildman–Crippen LogP) is 4.49. The molecule has 0 radical (unpaired) electrons. The Morgan fingerprint density at radius 1 is 1.14 bits per heavy atom. The van der Waals surface area contributed by atoms with Crippen LogP contribution in [0.4, 0.5) is 24.1 Å². The summed E-state index contributed by atoms with van der Waals surface area (Å²) in [5.74, 6) is -1.49. The number of nitrogens with two attached hydrogens (primary N) is 1. The molecule has 1 saturated heterocycles. The van der Waals surface area contributed by atoms with Crippen LogP contribution in [0.15, 0.2) is 23.2 Å². The van der Waals surface area contributed by atoms with Crippen LogP contribution in [0.5, 0.6) is 0 Å². The number of amidine groups is 1. The van der Waals surface area contributed by atoms with Gasteiger partial charge in [0.2, 0.25) is 0 Å². The van der Waals surface area contributed by atoms with Crippen molar-refractivity contribution in [2.75, 3.05) is 12.4 Å². The molecule has 3 rings (SSSR count). The fourth-order valence-corrected chi connectivity index (χ4v) is 7.34. The highest BCUT2D eigenvalue weighted by Gasteiger charge is 2.68. The highest BCUT2D eigenvalue weighted by Crippen LogP contribution is 2.53. The van der Waals surface area contributed by atoms with Gasteiger partial charge >= 0.3 is 12.2 Å². The van der Waals surface area contributed by atoms with Crippen LogP contribution in [0.3, 0.4) is 0 Å². The molecule has 0 unspecified atom stereocenters. The molecule has 12 heteroatoms. The van der Waals surface area contributed by atoms with Crippen LogP contribution in [0.1, 0.15) is 66.9 Å². The second kappa shape index (κ2) is 8.67. The molecule has 3 atom stereocenters. The second-order valence-electron chi connectivity index (χ2n) is 11.3. The first-order chi connectivity index (χ1) is 16.3. The van der Waals surface area contributed by atoms with Gasteiger partial charge in [-0.05, 0) is 79.5 Å². The van der Waals surface area contributed by atoms with E-state index in [9.17, 15) is 22.4 Å². The molecule has 0 spiro atoms. The van der Waals surface area contributed by atoms with Crippen molar-refractivity contribution in [1.82, 2.24) is 4.90 Å². The zero-order valence-electron chi connectivity index (χ0n) is 21.5. The fourth-order valence-electron chi connectivity index (χ4n) is 4.63. The molecule has 1 aromatic carbocycles. The van der Waals surface area contributed by atoms with Crippen molar-refractivity contribution < 1.29 is 36.3 Å². The Bertz CT molecular complexity index is 1190. The topological polar surface area (TPSA) is 128 Å². The van der Waals surface area contributed by atoms with Crippen molar-refractivity contribution in [3.63, 3.8) is 0 Å². The molecule has 1 fully saturated rings. The molecule has 2 aliphatic rings. The summed E-state index contributed by atoms with van der Waals surface area (Å²) >= 11 is 0. The number of carbonyl (C=O) groups is 2. The number of ether oxygens (including phenoxy) is 2. The zero-order valence-corrected chi connectivity index (χ0v) is 22.3. The molecule has 2 amide bonds. The number of nitrogens with zero attached hydrogens (tertiary/aromatic N) is 2. The summed E-state index contributed by atoms with van der Waals surface area (Å²) in [6, 6.07) is 3.62. The first-order valence-corrected chi connectivity index (χ1v) is 13.0. The third kappa shape index (κ3) is 4.55. The van der Waals surface area contributed by atoms with Gasteiger partial charge in [-0.3, -0.25) is 4.99 Å². The number of carbonyl (C=O) groups excluding carboxylic acids is 2. The van der Waals surface area contributed by atoms with Crippen LogP contribution in [-0.2, 0) is 24.8 Å². The highest BCUT2D eigenvalue weighted by molar-refractivity contribution is 7.94. The Balaban J connectivity index is 2.36. The smallest absolute Gasteiger partial charge is 0.425 e. The van der Waals surface area contributed by atoms with Gasteiger partial charge in [-0.2, -0.15) is 4.90 Å². The SMILES string of the molecule is CC(C)(C)OC(=O)N(C(=O)OC(C)(C)C)C1=N[C@](C)(c2cc(N)ccc2F)[C@@H]2CC[C@@]1(CF)S2(=O)=O. The third-order valence-corrected chi connectivity index (χ3v) is 9.25. The summed E-state index contributed by atoms with van der Waals surface area (Å²) in [6.45, 7) is 9.16. The summed E-state index contributed by atoms with van der Waals surface area (Å²) in [7, 11) is -4.45. The summed E-state index contributed by atoms with van der Waals surface area (Å²) in [5, 5.41) is -1.32. The van der Waals surface area contributed by atoms with E-state index in [4.69, 9.17) is 15.2 Å². The minimum atomic E-state index is -4.45. The molecule has 2 heterocycles.